The lowest BCUT2D eigenvalue weighted by atomic mass is 10.1. The summed E-state index contributed by atoms with van der Waals surface area (Å²) in [5.41, 5.74) is 2.85. The number of hydrogen-bond donors (Lipinski definition) is 1. The van der Waals surface area contributed by atoms with E-state index < -0.39 is 0 Å². The zero-order valence-corrected chi connectivity index (χ0v) is 14.9. The van der Waals surface area contributed by atoms with Crippen molar-refractivity contribution in [1.82, 2.24) is 10.1 Å². The van der Waals surface area contributed by atoms with Crippen molar-refractivity contribution in [2.75, 3.05) is 12.4 Å². The number of aromatic nitrogens is 2. The molecular formula is C20H21N3O3. The van der Waals surface area contributed by atoms with E-state index in [0.717, 1.165) is 17.0 Å². The third-order valence-corrected chi connectivity index (χ3v) is 3.95. The van der Waals surface area contributed by atoms with Gasteiger partial charge in [0.25, 0.3) is 0 Å². The van der Waals surface area contributed by atoms with Gasteiger partial charge in [-0.2, -0.15) is 4.98 Å². The van der Waals surface area contributed by atoms with Gasteiger partial charge >= 0.3 is 0 Å². The van der Waals surface area contributed by atoms with Gasteiger partial charge in [0.1, 0.15) is 5.75 Å². The second-order valence-corrected chi connectivity index (χ2v) is 6.01. The van der Waals surface area contributed by atoms with Crippen LogP contribution in [0.1, 0.15) is 24.3 Å². The minimum absolute atomic E-state index is 0.0477. The molecule has 0 bridgehead atoms. The number of amides is 1. The molecule has 0 saturated carbocycles. The molecule has 1 heterocycles. The summed E-state index contributed by atoms with van der Waals surface area (Å²) in [6, 6.07) is 15.2. The van der Waals surface area contributed by atoms with Crippen LogP contribution in [0.2, 0.25) is 0 Å². The molecule has 3 rings (SSSR count). The van der Waals surface area contributed by atoms with Gasteiger partial charge in [0, 0.05) is 24.1 Å². The molecule has 0 spiro atoms. The number of nitrogens with zero attached hydrogens (tertiary/aromatic N) is 2. The molecule has 2 aromatic carbocycles. The summed E-state index contributed by atoms with van der Waals surface area (Å²) in [7, 11) is 1.61. The molecule has 0 unspecified atom stereocenters. The second-order valence-electron chi connectivity index (χ2n) is 6.01. The van der Waals surface area contributed by atoms with Crippen LogP contribution in [0.15, 0.2) is 53.1 Å². The summed E-state index contributed by atoms with van der Waals surface area (Å²) in [5, 5.41) is 6.85. The largest absolute Gasteiger partial charge is 0.497 e. The lowest BCUT2D eigenvalue weighted by Crippen LogP contribution is -2.11. The third kappa shape index (κ3) is 4.69. The Morgan fingerprint density at radius 3 is 2.54 bits per heavy atom. The van der Waals surface area contributed by atoms with E-state index in [9.17, 15) is 4.79 Å². The average molecular weight is 351 g/mol. The highest BCUT2D eigenvalue weighted by Crippen LogP contribution is 2.18. The summed E-state index contributed by atoms with van der Waals surface area (Å²) in [5.74, 6) is 1.82. The predicted octanol–water partition coefficient (Wildman–Crippen LogP) is 4.02. The molecule has 3 aromatic rings. The summed E-state index contributed by atoms with van der Waals surface area (Å²) < 4.78 is 10.4. The number of aryl methyl sites for hydroxylation is 2. The zero-order valence-electron chi connectivity index (χ0n) is 14.9. The molecule has 6 heteroatoms. The summed E-state index contributed by atoms with van der Waals surface area (Å²) >= 11 is 0. The summed E-state index contributed by atoms with van der Waals surface area (Å²) in [4.78, 5) is 16.4. The Bertz CT molecular complexity index is 855. The molecule has 1 amide bonds. The minimum Gasteiger partial charge on any atom is -0.497 e. The Balaban J connectivity index is 1.47. The fourth-order valence-corrected chi connectivity index (χ4v) is 2.47. The van der Waals surface area contributed by atoms with Crippen LogP contribution in [0, 0.1) is 6.92 Å². The highest BCUT2D eigenvalue weighted by molar-refractivity contribution is 5.90. The number of hydrogen-bond acceptors (Lipinski definition) is 5. The van der Waals surface area contributed by atoms with Crippen LogP contribution < -0.4 is 10.1 Å². The maximum Gasteiger partial charge on any atom is 0.226 e. The molecule has 1 aromatic heterocycles. The topological polar surface area (TPSA) is 77.2 Å². The van der Waals surface area contributed by atoms with Gasteiger partial charge in [0.15, 0.2) is 0 Å². The third-order valence-electron chi connectivity index (χ3n) is 3.95. The van der Waals surface area contributed by atoms with Crippen LogP contribution in [0.4, 0.5) is 5.69 Å². The van der Waals surface area contributed by atoms with Crippen LogP contribution in [0.25, 0.3) is 11.4 Å². The Labute approximate surface area is 152 Å². The van der Waals surface area contributed by atoms with E-state index >= 15 is 0 Å². The zero-order chi connectivity index (χ0) is 18.4. The summed E-state index contributed by atoms with van der Waals surface area (Å²) in [6.07, 6.45) is 1.58. The van der Waals surface area contributed by atoms with Crippen molar-refractivity contribution in [2.45, 2.75) is 26.2 Å². The highest BCUT2D eigenvalue weighted by atomic mass is 16.5. The number of anilines is 1. The monoisotopic (exact) mass is 351 g/mol. The standard InChI is InChI=1S/C20H21N3O3/c1-14-6-8-15(9-7-14)20-22-19(26-23-20)5-3-4-18(24)21-16-10-12-17(25-2)13-11-16/h6-13H,3-5H2,1-2H3,(H,21,24). The van der Waals surface area contributed by atoms with Crippen LogP contribution in [0.5, 0.6) is 5.75 Å². The lowest BCUT2D eigenvalue weighted by molar-refractivity contribution is -0.116. The quantitative estimate of drug-likeness (QED) is 0.696. The van der Waals surface area contributed by atoms with Crippen molar-refractivity contribution in [3.63, 3.8) is 0 Å². The van der Waals surface area contributed by atoms with Crippen molar-refractivity contribution < 1.29 is 14.1 Å². The first-order valence-corrected chi connectivity index (χ1v) is 8.47. The number of nitrogens with one attached hydrogen (secondary N) is 1. The van der Waals surface area contributed by atoms with Crippen molar-refractivity contribution >= 4 is 11.6 Å². The van der Waals surface area contributed by atoms with Gasteiger partial charge in [-0.3, -0.25) is 4.79 Å². The van der Waals surface area contributed by atoms with E-state index in [4.69, 9.17) is 9.26 Å². The Kier molecular flexibility index (Phi) is 5.63. The Hall–Kier alpha value is -3.15. The average Bonchev–Trinajstić information content (AvgIpc) is 3.12. The van der Waals surface area contributed by atoms with Crippen LogP contribution in [-0.2, 0) is 11.2 Å². The van der Waals surface area contributed by atoms with E-state index in [1.54, 1.807) is 19.2 Å². The fourth-order valence-electron chi connectivity index (χ4n) is 2.47. The minimum atomic E-state index is -0.0477. The molecule has 0 fully saturated rings. The second kappa shape index (κ2) is 8.29. The first-order chi connectivity index (χ1) is 12.6. The molecule has 134 valence electrons. The molecule has 6 nitrogen and oxygen atoms in total. The van der Waals surface area contributed by atoms with E-state index in [2.05, 4.69) is 15.5 Å². The van der Waals surface area contributed by atoms with Gasteiger partial charge in [-0.15, -0.1) is 0 Å². The van der Waals surface area contributed by atoms with Gasteiger partial charge in [0.2, 0.25) is 17.6 Å². The first-order valence-electron chi connectivity index (χ1n) is 8.47. The fraction of sp³-hybridized carbons (Fsp3) is 0.250. The van der Waals surface area contributed by atoms with Gasteiger partial charge in [-0.25, -0.2) is 0 Å². The van der Waals surface area contributed by atoms with E-state index in [0.29, 0.717) is 31.0 Å². The molecule has 26 heavy (non-hydrogen) atoms. The lowest BCUT2D eigenvalue weighted by Gasteiger charge is -2.05. The maximum absolute atomic E-state index is 12.0. The highest BCUT2D eigenvalue weighted by Gasteiger charge is 2.10. The Morgan fingerprint density at radius 1 is 1.12 bits per heavy atom. The van der Waals surface area contributed by atoms with Gasteiger partial charge < -0.3 is 14.6 Å². The SMILES string of the molecule is COc1ccc(NC(=O)CCCc2nc(-c3ccc(C)cc3)no2)cc1. The smallest absolute Gasteiger partial charge is 0.226 e. The predicted molar refractivity (Wildman–Crippen MR) is 99.0 cm³/mol. The number of carbonyl (C=O) groups excluding carboxylic acids is 1. The number of carbonyl (C=O) groups is 1. The van der Waals surface area contributed by atoms with Crippen molar-refractivity contribution in [1.29, 1.82) is 0 Å². The number of methoxy groups -OCH3 is 1. The molecule has 0 aliphatic carbocycles. The Morgan fingerprint density at radius 2 is 1.85 bits per heavy atom. The number of benzene rings is 2. The maximum atomic E-state index is 12.0. The number of ether oxygens (including phenoxy) is 1. The molecular weight excluding hydrogens is 330 g/mol. The normalized spacial score (nSPS) is 10.5. The first kappa shape index (κ1) is 17.7. The van der Waals surface area contributed by atoms with Crippen molar-refractivity contribution in [3.8, 4) is 17.1 Å². The summed E-state index contributed by atoms with van der Waals surface area (Å²) in [6.45, 7) is 2.03. The molecule has 1 N–H and O–H groups in total. The van der Waals surface area contributed by atoms with E-state index in [1.807, 2.05) is 43.3 Å². The molecule has 0 radical (unpaired) electrons. The van der Waals surface area contributed by atoms with Crippen molar-refractivity contribution in [3.05, 3.63) is 60.0 Å². The van der Waals surface area contributed by atoms with E-state index in [1.165, 1.54) is 5.56 Å². The van der Waals surface area contributed by atoms with Gasteiger partial charge in [-0.05, 0) is 37.6 Å². The molecule has 0 saturated heterocycles. The van der Waals surface area contributed by atoms with Crippen LogP contribution in [0.3, 0.4) is 0 Å². The van der Waals surface area contributed by atoms with Gasteiger partial charge in [0.05, 0.1) is 7.11 Å². The van der Waals surface area contributed by atoms with Crippen molar-refractivity contribution in [2.24, 2.45) is 0 Å². The van der Waals surface area contributed by atoms with E-state index in [-0.39, 0.29) is 5.91 Å². The van der Waals surface area contributed by atoms with Crippen LogP contribution >= 0.6 is 0 Å². The molecule has 0 atom stereocenters. The molecule has 0 aliphatic heterocycles. The number of rotatable bonds is 7. The van der Waals surface area contributed by atoms with Gasteiger partial charge in [-0.1, -0.05) is 35.0 Å². The van der Waals surface area contributed by atoms with Crippen LogP contribution in [-0.4, -0.2) is 23.2 Å². The molecule has 0 aliphatic rings.